The molecule has 0 aliphatic carbocycles. The first-order valence-corrected chi connectivity index (χ1v) is 21.5. The van der Waals surface area contributed by atoms with Gasteiger partial charge in [0.05, 0.1) is 0 Å². The van der Waals surface area contributed by atoms with Crippen molar-refractivity contribution in [3.63, 3.8) is 0 Å². The van der Waals surface area contributed by atoms with E-state index in [1.54, 1.807) is 0 Å². The summed E-state index contributed by atoms with van der Waals surface area (Å²) in [5.74, 6) is 7.93. The third-order valence-corrected chi connectivity index (χ3v) is 11.9. The Morgan fingerprint density at radius 2 is 0.391 bits per heavy atom. The first-order chi connectivity index (χ1) is 21.9. The maximum absolute atomic E-state index is 9.07. The molecule has 46 heavy (non-hydrogen) atoms. The minimum atomic E-state index is 0.352. The first kappa shape index (κ1) is 46.0. The standard InChI is InChI=1S/C45H92O/c1-37(2)19-11-20-38(3)21-12-22-39(4)23-13-24-40(5)25-14-26-41(6)27-15-28-42(7)29-16-30-43(8)31-17-32-44(9)33-18-34-45(10)35-36-46/h37-46H,11-36H2,1-10H3. The van der Waals surface area contributed by atoms with E-state index in [1.165, 1.54) is 154 Å². The molecule has 0 aromatic carbocycles. The van der Waals surface area contributed by atoms with Gasteiger partial charge in [0.1, 0.15) is 0 Å². The van der Waals surface area contributed by atoms with Crippen LogP contribution in [0, 0.1) is 53.3 Å². The summed E-state index contributed by atoms with van der Waals surface area (Å²) in [4.78, 5) is 0. The van der Waals surface area contributed by atoms with Crippen molar-refractivity contribution in [1.82, 2.24) is 0 Å². The van der Waals surface area contributed by atoms with Crippen LogP contribution in [0.2, 0.25) is 0 Å². The van der Waals surface area contributed by atoms with Crippen LogP contribution >= 0.6 is 0 Å². The highest BCUT2D eigenvalue weighted by molar-refractivity contribution is 4.65. The molecule has 1 N–H and O–H groups in total. The maximum Gasteiger partial charge on any atom is 0.0433 e. The van der Waals surface area contributed by atoms with E-state index >= 15 is 0 Å². The Bertz CT molecular complexity index is 612. The zero-order chi connectivity index (χ0) is 34.6. The highest BCUT2D eigenvalue weighted by Crippen LogP contribution is 2.27. The van der Waals surface area contributed by atoms with Crippen LogP contribution in [-0.4, -0.2) is 11.7 Å². The van der Waals surface area contributed by atoms with E-state index in [0.29, 0.717) is 12.5 Å². The third-order valence-electron chi connectivity index (χ3n) is 11.9. The minimum absolute atomic E-state index is 0.352. The third kappa shape index (κ3) is 31.2. The fraction of sp³-hybridized carbons (Fsp3) is 1.00. The molecule has 0 amide bonds. The monoisotopic (exact) mass is 649 g/mol. The van der Waals surface area contributed by atoms with Crippen LogP contribution in [0.1, 0.15) is 230 Å². The van der Waals surface area contributed by atoms with E-state index in [4.69, 9.17) is 5.11 Å². The van der Waals surface area contributed by atoms with E-state index in [2.05, 4.69) is 69.2 Å². The number of aliphatic hydroxyl groups is 1. The lowest BCUT2D eigenvalue weighted by molar-refractivity contribution is 0.255. The molecule has 0 aromatic rings. The van der Waals surface area contributed by atoms with Crippen molar-refractivity contribution in [2.45, 2.75) is 230 Å². The Morgan fingerprint density at radius 1 is 0.239 bits per heavy atom. The van der Waals surface area contributed by atoms with Gasteiger partial charge in [-0.25, -0.2) is 0 Å². The van der Waals surface area contributed by atoms with Crippen LogP contribution < -0.4 is 0 Å². The Labute approximate surface area is 294 Å². The molecule has 0 saturated carbocycles. The average molecular weight is 649 g/mol. The molecule has 0 spiro atoms. The van der Waals surface area contributed by atoms with Gasteiger partial charge in [-0.2, -0.15) is 0 Å². The second-order valence-corrected chi connectivity index (χ2v) is 18.2. The van der Waals surface area contributed by atoms with Gasteiger partial charge >= 0.3 is 0 Å². The van der Waals surface area contributed by atoms with Gasteiger partial charge in [-0.05, 0) is 59.7 Å². The Balaban J connectivity index is 3.70. The largest absolute Gasteiger partial charge is 0.396 e. The van der Waals surface area contributed by atoms with Crippen molar-refractivity contribution in [2.75, 3.05) is 6.61 Å². The number of hydrogen-bond donors (Lipinski definition) is 1. The van der Waals surface area contributed by atoms with Crippen molar-refractivity contribution < 1.29 is 5.11 Å². The quantitative estimate of drug-likeness (QED) is 0.0736. The summed E-state index contributed by atoms with van der Waals surface area (Å²) in [6.45, 7) is 24.8. The number of aliphatic hydroxyl groups excluding tert-OH is 1. The number of hydrogen-bond acceptors (Lipinski definition) is 1. The second kappa shape index (κ2) is 31.0. The van der Waals surface area contributed by atoms with Gasteiger partial charge in [-0.1, -0.05) is 223 Å². The normalized spacial score (nSPS) is 17.5. The molecular formula is C45H92O. The highest BCUT2D eigenvalue weighted by atomic mass is 16.3. The molecule has 0 saturated heterocycles. The van der Waals surface area contributed by atoms with Gasteiger partial charge in [0.25, 0.3) is 0 Å². The fourth-order valence-electron chi connectivity index (χ4n) is 7.95. The van der Waals surface area contributed by atoms with E-state index in [1.807, 2.05) is 0 Å². The lowest BCUT2D eigenvalue weighted by atomic mass is 9.88. The van der Waals surface area contributed by atoms with Crippen molar-refractivity contribution >= 4 is 0 Å². The molecule has 0 aliphatic rings. The zero-order valence-electron chi connectivity index (χ0n) is 34.0. The van der Waals surface area contributed by atoms with Crippen LogP contribution in [0.4, 0.5) is 0 Å². The van der Waals surface area contributed by atoms with Crippen molar-refractivity contribution in [2.24, 2.45) is 53.3 Å². The molecule has 0 radical (unpaired) electrons. The van der Waals surface area contributed by atoms with Crippen LogP contribution in [0.3, 0.4) is 0 Å². The van der Waals surface area contributed by atoms with E-state index in [9.17, 15) is 0 Å². The topological polar surface area (TPSA) is 20.2 Å². The molecule has 8 unspecified atom stereocenters. The molecule has 0 fully saturated rings. The molecule has 0 aliphatic heterocycles. The summed E-state index contributed by atoms with van der Waals surface area (Å²) >= 11 is 0. The first-order valence-electron chi connectivity index (χ1n) is 21.5. The molecule has 1 nitrogen and oxygen atoms in total. The zero-order valence-corrected chi connectivity index (χ0v) is 34.0. The highest BCUT2D eigenvalue weighted by Gasteiger charge is 2.12. The van der Waals surface area contributed by atoms with Crippen molar-refractivity contribution in [3.05, 3.63) is 0 Å². The minimum Gasteiger partial charge on any atom is -0.396 e. The van der Waals surface area contributed by atoms with Gasteiger partial charge in [-0.3, -0.25) is 0 Å². The predicted octanol–water partition coefficient (Wildman–Crippen LogP) is 15.5. The smallest absolute Gasteiger partial charge is 0.0433 e. The summed E-state index contributed by atoms with van der Waals surface area (Å²) in [5, 5.41) is 9.07. The van der Waals surface area contributed by atoms with Gasteiger partial charge in [0.15, 0.2) is 0 Å². The number of rotatable bonds is 34. The SMILES string of the molecule is CC(C)CCCC(C)CCCC(C)CCCC(C)CCCC(C)CCCC(C)CCCC(C)CCCC(C)CCCC(C)CCO. The fourth-order valence-corrected chi connectivity index (χ4v) is 7.95. The van der Waals surface area contributed by atoms with E-state index < -0.39 is 0 Å². The summed E-state index contributed by atoms with van der Waals surface area (Å²) in [7, 11) is 0. The lowest BCUT2D eigenvalue weighted by Crippen LogP contribution is -2.03. The predicted molar refractivity (Wildman–Crippen MR) is 211 cm³/mol. The molecule has 0 aromatic heterocycles. The van der Waals surface area contributed by atoms with Crippen LogP contribution in [-0.2, 0) is 0 Å². The Hall–Kier alpha value is -0.0400. The van der Waals surface area contributed by atoms with E-state index in [0.717, 1.165) is 53.8 Å². The van der Waals surface area contributed by atoms with Crippen molar-refractivity contribution in [3.8, 4) is 0 Å². The lowest BCUT2D eigenvalue weighted by Gasteiger charge is -2.18. The molecule has 1 heteroatoms. The molecule has 278 valence electrons. The molecule has 0 bridgehead atoms. The van der Waals surface area contributed by atoms with Crippen molar-refractivity contribution in [1.29, 1.82) is 0 Å². The van der Waals surface area contributed by atoms with Crippen LogP contribution in [0.5, 0.6) is 0 Å². The summed E-state index contributed by atoms with van der Waals surface area (Å²) in [6.07, 6.45) is 35.2. The molecule has 0 rings (SSSR count). The second-order valence-electron chi connectivity index (χ2n) is 18.2. The average Bonchev–Trinajstić information content (AvgIpc) is 2.97. The molecular weight excluding hydrogens is 556 g/mol. The van der Waals surface area contributed by atoms with Crippen LogP contribution in [0.15, 0.2) is 0 Å². The van der Waals surface area contributed by atoms with Crippen LogP contribution in [0.25, 0.3) is 0 Å². The Kier molecular flexibility index (Phi) is 31.0. The van der Waals surface area contributed by atoms with Gasteiger partial charge in [-0.15, -0.1) is 0 Å². The molecule has 0 heterocycles. The molecule has 8 atom stereocenters. The van der Waals surface area contributed by atoms with E-state index in [-0.39, 0.29) is 0 Å². The van der Waals surface area contributed by atoms with Gasteiger partial charge in [0.2, 0.25) is 0 Å². The maximum atomic E-state index is 9.07. The Morgan fingerprint density at radius 3 is 0.543 bits per heavy atom. The van der Waals surface area contributed by atoms with Gasteiger partial charge < -0.3 is 5.11 Å². The summed E-state index contributed by atoms with van der Waals surface area (Å²) in [5.41, 5.74) is 0. The summed E-state index contributed by atoms with van der Waals surface area (Å²) < 4.78 is 0. The summed E-state index contributed by atoms with van der Waals surface area (Å²) in [6, 6.07) is 0. The van der Waals surface area contributed by atoms with Gasteiger partial charge in [0, 0.05) is 6.61 Å².